The van der Waals surface area contributed by atoms with E-state index in [-0.39, 0.29) is 11.9 Å². The maximum atomic E-state index is 12.5. The molecule has 2 heterocycles. The fraction of sp³-hybridized carbons (Fsp3) is 0.429. The van der Waals surface area contributed by atoms with E-state index in [4.69, 9.17) is 4.42 Å². The summed E-state index contributed by atoms with van der Waals surface area (Å²) in [6.07, 6.45) is 2.17. The summed E-state index contributed by atoms with van der Waals surface area (Å²) in [6, 6.07) is 11.0. The van der Waals surface area contributed by atoms with E-state index >= 15 is 0 Å². The van der Waals surface area contributed by atoms with E-state index in [1.807, 2.05) is 30.9 Å². The summed E-state index contributed by atoms with van der Waals surface area (Å²) >= 11 is 0. The minimum absolute atomic E-state index is 0.000736. The molecular weight excluding hydrogens is 356 g/mol. The number of carbonyl (C=O) groups excluding carboxylic acids is 2. The van der Waals surface area contributed by atoms with Gasteiger partial charge in [0, 0.05) is 44.0 Å². The van der Waals surface area contributed by atoms with Crippen LogP contribution in [0.5, 0.6) is 0 Å². The van der Waals surface area contributed by atoms with Crippen LogP contribution in [0.2, 0.25) is 0 Å². The Morgan fingerprint density at radius 2 is 1.64 bits per heavy atom. The first-order valence-electron chi connectivity index (χ1n) is 9.70. The van der Waals surface area contributed by atoms with Crippen molar-refractivity contribution in [2.75, 3.05) is 36.8 Å². The van der Waals surface area contributed by atoms with Crippen LogP contribution in [-0.4, -0.2) is 47.9 Å². The molecule has 0 atom stereocenters. The summed E-state index contributed by atoms with van der Waals surface area (Å²) in [5, 5.41) is 5.79. The Morgan fingerprint density at radius 3 is 2.21 bits per heavy atom. The first-order valence-corrected chi connectivity index (χ1v) is 9.70. The molecule has 7 heteroatoms. The molecule has 2 aromatic rings. The highest BCUT2D eigenvalue weighted by Gasteiger charge is 2.21. The van der Waals surface area contributed by atoms with Gasteiger partial charge in [0.05, 0.1) is 12.8 Å². The maximum Gasteiger partial charge on any atom is 0.321 e. The number of amides is 3. The van der Waals surface area contributed by atoms with Crippen molar-refractivity contribution in [2.24, 2.45) is 5.92 Å². The molecule has 7 nitrogen and oxygen atoms in total. The maximum absolute atomic E-state index is 12.5. The fourth-order valence-corrected chi connectivity index (χ4v) is 3.15. The number of nitrogens with one attached hydrogen (secondary N) is 2. The van der Waals surface area contributed by atoms with Gasteiger partial charge in [-0.25, -0.2) is 4.79 Å². The van der Waals surface area contributed by atoms with Gasteiger partial charge < -0.3 is 20.0 Å². The molecule has 1 aromatic heterocycles. The second kappa shape index (κ2) is 9.41. The molecular formula is C21H28N4O3. The summed E-state index contributed by atoms with van der Waals surface area (Å²) in [6.45, 7) is 7.77. The van der Waals surface area contributed by atoms with Crippen LogP contribution in [0.1, 0.15) is 26.0 Å². The van der Waals surface area contributed by atoms with E-state index < -0.39 is 0 Å². The normalized spacial score (nSPS) is 14.9. The Bertz CT molecular complexity index is 763. The van der Waals surface area contributed by atoms with Crippen molar-refractivity contribution >= 4 is 23.3 Å². The minimum atomic E-state index is -0.103. The first-order chi connectivity index (χ1) is 13.5. The van der Waals surface area contributed by atoms with Crippen LogP contribution in [0.4, 0.5) is 16.2 Å². The third-order valence-corrected chi connectivity index (χ3v) is 4.63. The van der Waals surface area contributed by atoms with Gasteiger partial charge in [-0.05, 0) is 42.3 Å². The molecule has 28 heavy (non-hydrogen) atoms. The van der Waals surface area contributed by atoms with Crippen LogP contribution < -0.4 is 10.6 Å². The molecule has 0 aliphatic carbocycles. The quantitative estimate of drug-likeness (QED) is 0.797. The number of furan rings is 1. The Balaban J connectivity index is 1.44. The lowest BCUT2D eigenvalue weighted by atomic mass is 10.1. The molecule has 0 saturated carbocycles. The predicted octanol–water partition coefficient (Wildman–Crippen LogP) is 3.61. The number of hydrogen-bond acceptors (Lipinski definition) is 4. The summed E-state index contributed by atoms with van der Waals surface area (Å²) in [5.74, 6) is 1.26. The van der Waals surface area contributed by atoms with E-state index in [0.717, 1.165) is 31.1 Å². The Morgan fingerprint density at radius 1 is 1.00 bits per heavy atom. The van der Waals surface area contributed by atoms with Crippen LogP contribution in [-0.2, 0) is 11.3 Å². The lowest BCUT2D eigenvalue weighted by molar-refractivity contribution is -0.116. The predicted molar refractivity (Wildman–Crippen MR) is 109 cm³/mol. The summed E-state index contributed by atoms with van der Waals surface area (Å²) < 4.78 is 5.38. The van der Waals surface area contributed by atoms with Crippen molar-refractivity contribution < 1.29 is 14.0 Å². The number of rotatable bonds is 6. The second-order valence-electron chi connectivity index (χ2n) is 7.50. The van der Waals surface area contributed by atoms with Gasteiger partial charge in [0.15, 0.2) is 0 Å². The highest BCUT2D eigenvalue weighted by atomic mass is 16.3. The van der Waals surface area contributed by atoms with Crippen LogP contribution in [0.25, 0.3) is 0 Å². The van der Waals surface area contributed by atoms with Crippen molar-refractivity contribution in [3.63, 3.8) is 0 Å². The van der Waals surface area contributed by atoms with Gasteiger partial charge in [0.25, 0.3) is 0 Å². The molecule has 1 aliphatic heterocycles. The average molecular weight is 384 g/mol. The fourth-order valence-electron chi connectivity index (χ4n) is 3.15. The Labute approximate surface area is 165 Å². The number of carbonyl (C=O) groups is 2. The minimum Gasteiger partial charge on any atom is -0.468 e. The largest absolute Gasteiger partial charge is 0.468 e. The third kappa shape index (κ3) is 5.85. The van der Waals surface area contributed by atoms with Crippen molar-refractivity contribution in [1.29, 1.82) is 0 Å². The number of anilines is 2. The van der Waals surface area contributed by atoms with Crippen molar-refractivity contribution in [2.45, 2.75) is 26.8 Å². The second-order valence-corrected chi connectivity index (χ2v) is 7.50. The zero-order chi connectivity index (χ0) is 19.9. The standard InChI is InChI=1S/C21H28N4O3/c1-16(2)14-20(26)22-17-5-7-18(8-6-17)23-21(27)25-11-9-24(10-12-25)15-19-4-3-13-28-19/h3-8,13,16H,9-12,14-15H2,1-2H3,(H,22,26)(H,23,27). The number of benzene rings is 1. The third-order valence-electron chi connectivity index (χ3n) is 4.63. The number of hydrogen-bond donors (Lipinski definition) is 2. The van der Waals surface area contributed by atoms with E-state index in [2.05, 4.69) is 15.5 Å². The van der Waals surface area contributed by atoms with Gasteiger partial charge in [0.1, 0.15) is 5.76 Å². The molecule has 1 aromatic carbocycles. The van der Waals surface area contributed by atoms with Crippen LogP contribution in [0.15, 0.2) is 47.1 Å². The highest BCUT2D eigenvalue weighted by molar-refractivity contribution is 5.92. The van der Waals surface area contributed by atoms with Crippen LogP contribution >= 0.6 is 0 Å². The van der Waals surface area contributed by atoms with Gasteiger partial charge in [-0.15, -0.1) is 0 Å². The molecule has 1 fully saturated rings. The Hall–Kier alpha value is -2.80. The van der Waals surface area contributed by atoms with Crippen molar-refractivity contribution in [3.8, 4) is 0 Å². The van der Waals surface area contributed by atoms with Gasteiger partial charge in [-0.3, -0.25) is 9.69 Å². The van der Waals surface area contributed by atoms with Gasteiger partial charge >= 0.3 is 6.03 Å². The van der Waals surface area contributed by atoms with Gasteiger partial charge in [-0.1, -0.05) is 13.8 Å². The van der Waals surface area contributed by atoms with Crippen molar-refractivity contribution in [3.05, 3.63) is 48.4 Å². The number of urea groups is 1. The number of piperazine rings is 1. The monoisotopic (exact) mass is 384 g/mol. The highest BCUT2D eigenvalue weighted by Crippen LogP contribution is 2.16. The van der Waals surface area contributed by atoms with Crippen molar-refractivity contribution in [1.82, 2.24) is 9.80 Å². The molecule has 1 aliphatic rings. The first kappa shape index (κ1) is 19.9. The molecule has 0 bridgehead atoms. The zero-order valence-corrected chi connectivity index (χ0v) is 16.5. The SMILES string of the molecule is CC(C)CC(=O)Nc1ccc(NC(=O)N2CCN(Cc3ccco3)CC2)cc1. The molecule has 3 rings (SSSR count). The van der Waals surface area contributed by atoms with Gasteiger partial charge in [0.2, 0.25) is 5.91 Å². The molecule has 150 valence electrons. The summed E-state index contributed by atoms with van der Waals surface area (Å²) in [4.78, 5) is 28.4. The molecule has 0 radical (unpaired) electrons. The van der Waals surface area contributed by atoms with Gasteiger partial charge in [-0.2, -0.15) is 0 Å². The topological polar surface area (TPSA) is 77.8 Å². The average Bonchev–Trinajstić information content (AvgIpc) is 3.16. The molecule has 0 spiro atoms. The van der Waals surface area contributed by atoms with Crippen LogP contribution in [0.3, 0.4) is 0 Å². The molecule has 1 saturated heterocycles. The lowest BCUT2D eigenvalue weighted by Crippen LogP contribution is -2.49. The van der Waals surface area contributed by atoms with Crippen LogP contribution in [0, 0.1) is 5.92 Å². The zero-order valence-electron chi connectivity index (χ0n) is 16.5. The molecule has 3 amide bonds. The van der Waals surface area contributed by atoms with E-state index in [1.165, 1.54) is 0 Å². The smallest absolute Gasteiger partial charge is 0.321 e. The molecule has 0 unspecified atom stereocenters. The lowest BCUT2D eigenvalue weighted by Gasteiger charge is -2.34. The summed E-state index contributed by atoms with van der Waals surface area (Å²) in [7, 11) is 0. The summed E-state index contributed by atoms with van der Waals surface area (Å²) in [5.41, 5.74) is 1.44. The number of nitrogens with zero attached hydrogens (tertiary/aromatic N) is 2. The van der Waals surface area contributed by atoms with E-state index in [1.54, 1.807) is 30.5 Å². The Kier molecular flexibility index (Phi) is 6.71. The molecule has 2 N–H and O–H groups in total. The van der Waals surface area contributed by atoms with E-state index in [9.17, 15) is 9.59 Å². The van der Waals surface area contributed by atoms with E-state index in [0.29, 0.717) is 31.1 Å².